The lowest BCUT2D eigenvalue weighted by molar-refractivity contribution is 0.102. The summed E-state index contributed by atoms with van der Waals surface area (Å²) in [7, 11) is 0. The number of fused-ring (bicyclic) bond motifs is 2. The van der Waals surface area contributed by atoms with Crippen LogP contribution < -0.4 is 10.9 Å². The van der Waals surface area contributed by atoms with Gasteiger partial charge in [-0.05, 0) is 48.9 Å². The molecule has 0 saturated carbocycles. The number of hydrogen-bond acceptors (Lipinski definition) is 7. The number of aromatic nitrogens is 4. The molecule has 0 aliphatic rings. The molecule has 3 aromatic carbocycles. The third-order valence-electron chi connectivity index (χ3n) is 5.61. The fourth-order valence-corrected chi connectivity index (χ4v) is 4.71. The number of amides is 1. The van der Waals surface area contributed by atoms with E-state index in [0.29, 0.717) is 32.9 Å². The van der Waals surface area contributed by atoms with E-state index in [2.05, 4.69) is 20.6 Å². The molecule has 0 bridgehead atoms. The summed E-state index contributed by atoms with van der Waals surface area (Å²) in [5.41, 5.74) is 3.24. The standard InChI is InChI=1S/C26H17N5O3S/c1-15-28-29-26-31(15)30-24(35-26)19-6-4-7-20(13-19)27-23(32)17-11-9-16(10-12-17)21-14-18-5-2-3-8-22(18)34-25(21)33/h2-14H,1H3,(H,27,32). The largest absolute Gasteiger partial charge is 0.422 e. The van der Waals surface area contributed by atoms with E-state index in [1.54, 1.807) is 40.9 Å². The number of carbonyl (C=O) groups is 1. The Morgan fingerprint density at radius 2 is 1.77 bits per heavy atom. The summed E-state index contributed by atoms with van der Waals surface area (Å²) in [6.07, 6.45) is 0. The van der Waals surface area contributed by atoms with Gasteiger partial charge in [0, 0.05) is 22.2 Å². The first-order valence-corrected chi connectivity index (χ1v) is 11.6. The average molecular weight is 480 g/mol. The first-order chi connectivity index (χ1) is 17.0. The van der Waals surface area contributed by atoms with E-state index >= 15 is 0 Å². The van der Waals surface area contributed by atoms with Gasteiger partial charge in [-0.25, -0.2) is 4.79 Å². The molecule has 1 N–H and O–H groups in total. The van der Waals surface area contributed by atoms with E-state index in [0.717, 1.165) is 21.8 Å². The van der Waals surface area contributed by atoms with Crippen molar-refractivity contribution in [2.75, 3.05) is 5.32 Å². The van der Waals surface area contributed by atoms with Crippen LogP contribution in [0.4, 0.5) is 5.69 Å². The zero-order chi connectivity index (χ0) is 23.9. The smallest absolute Gasteiger partial charge is 0.344 e. The van der Waals surface area contributed by atoms with E-state index in [1.807, 2.05) is 49.4 Å². The van der Waals surface area contributed by atoms with Crippen LogP contribution in [-0.4, -0.2) is 25.7 Å². The lowest BCUT2D eigenvalue weighted by Gasteiger charge is -2.08. The maximum absolute atomic E-state index is 12.9. The molecular formula is C26H17N5O3S. The van der Waals surface area contributed by atoms with Crippen LogP contribution in [0.1, 0.15) is 16.2 Å². The molecule has 0 radical (unpaired) electrons. The second-order valence-corrected chi connectivity index (χ2v) is 8.90. The predicted molar refractivity (Wildman–Crippen MR) is 135 cm³/mol. The summed E-state index contributed by atoms with van der Waals surface area (Å²) in [6, 6.07) is 23.5. The number of hydrogen-bond donors (Lipinski definition) is 1. The molecule has 0 aliphatic heterocycles. The molecule has 6 rings (SSSR count). The molecule has 0 fully saturated rings. The summed E-state index contributed by atoms with van der Waals surface area (Å²) in [4.78, 5) is 26.0. The highest BCUT2D eigenvalue weighted by Gasteiger charge is 2.13. The Morgan fingerprint density at radius 1 is 0.943 bits per heavy atom. The lowest BCUT2D eigenvalue weighted by Crippen LogP contribution is -2.12. The van der Waals surface area contributed by atoms with E-state index in [-0.39, 0.29) is 5.91 Å². The number of carbonyl (C=O) groups excluding carboxylic acids is 1. The summed E-state index contributed by atoms with van der Waals surface area (Å²) in [5.74, 6) is 0.463. The summed E-state index contributed by atoms with van der Waals surface area (Å²) >= 11 is 1.43. The minimum absolute atomic E-state index is 0.256. The van der Waals surface area contributed by atoms with Gasteiger partial charge in [-0.3, -0.25) is 4.79 Å². The molecule has 3 heterocycles. The Hall–Kier alpha value is -4.63. The average Bonchev–Trinajstić information content (AvgIpc) is 3.46. The number of para-hydroxylation sites is 1. The summed E-state index contributed by atoms with van der Waals surface area (Å²) in [6.45, 7) is 1.85. The summed E-state index contributed by atoms with van der Waals surface area (Å²) in [5, 5.41) is 17.2. The van der Waals surface area contributed by atoms with Crippen LogP contribution in [0, 0.1) is 6.92 Å². The second kappa shape index (κ2) is 8.30. The Kier molecular flexibility index (Phi) is 4.97. The molecule has 35 heavy (non-hydrogen) atoms. The topological polar surface area (TPSA) is 102 Å². The van der Waals surface area contributed by atoms with Crippen molar-refractivity contribution in [1.82, 2.24) is 19.8 Å². The third-order valence-corrected chi connectivity index (χ3v) is 6.56. The molecule has 0 saturated heterocycles. The Morgan fingerprint density at radius 3 is 2.60 bits per heavy atom. The first kappa shape index (κ1) is 20.9. The van der Waals surface area contributed by atoms with Gasteiger partial charge in [-0.2, -0.15) is 9.61 Å². The molecule has 0 unspecified atom stereocenters. The molecule has 0 aliphatic carbocycles. The van der Waals surface area contributed by atoms with Crippen molar-refractivity contribution in [3.8, 4) is 21.7 Å². The third kappa shape index (κ3) is 3.87. The van der Waals surface area contributed by atoms with Gasteiger partial charge in [0.25, 0.3) is 5.91 Å². The van der Waals surface area contributed by atoms with Gasteiger partial charge in [0.2, 0.25) is 4.96 Å². The maximum atomic E-state index is 12.9. The zero-order valence-corrected chi connectivity index (χ0v) is 19.2. The minimum Gasteiger partial charge on any atom is -0.422 e. The van der Waals surface area contributed by atoms with E-state index < -0.39 is 5.63 Å². The second-order valence-electron chi connectivity index (χ2n) is 7.95. The van der Waals surface area contributed by atoms with Crippen LogP contribution in [0.25, 0.3) is 37.6 Å². The quantitative estimate of drug-likeness (QED) is 0.349. The van der Waals surface area contributed by atoms with Crippen LogP contribution in [0.15, 0.2) is 88.1 Å². The fourth-order valence-electron chi connectivity index (χ4n) is 3.83. The van der Waals surface area contributed by atoms with Crippen molar-refractivity contribution in [2.24, 2.45) is 0 Å². The van der Waals surface area contributed by atoms with E-state index in [1.165, 1.54) is 11.3 Å². The molecule has 3 aromatic heterocycles. The van der Waals surface area contributed by atoms with Gasteiger partial charge in [0.1, 0.15) is 10.6 Å². The normalized spacial score (nSPS) is 11.2. The molecule has 0 atom stereocenters. The van der Waals surface area contributed by atoms with Crippen LogP contribution >= 0.6 is 11.3 Å². The predicted octanol–water partition coefficient (Wildman–Crippen LogP) is 5.19. The molecule has 9 heteroatoms. The Labute approximate surface area is 202 Å². The first-order valence-electron chi connectivity index (χ1n) is 10.8. The van der Waals surface area contributed by atoms with Crippen LogP contribution in [-0.2, 0) is 0 Å². The van der Waals surface area contributed by atoms with Gasteiger partial charge in [0.15, 0.2) is 5.82 Å². The Bertz CT molecular complexity index is 1780. The van der Waals surface area contributed by atoms with Gasteiger partial charge in [0.05, 0.1) is 5.56 Å². The van der Waals surface area contributed by atoms with Crippen molar-refractivity contribution in [1.29, 1.82) is 0 Å². The molecule has 6 aromatic rings. The highest BCUT2D eigenvalue weighted by molar-refractivity contribution is 7.19. The van der Waals surface area contributed by atoms with Gasteiger partial charge in [-0.1, -0.05) is 53.8 Å². The highest BCUT2D eigenvalue weighted by atomic mass is 32.1. The molecule has 170 valence electrons. The Balaban J connectivity index is 1.23. The van der Waals surface area contributed by atoms with E-state index in [9.17, 15) is 9.59 Å². The van der Waals surface area contributed by atoms with Gasteiger partial charge >= 0.3 is 5.63 Å². The molecule has 0 spiro atoms. The van der Waals surface area contributed by atoms with Crippen molar-refractivity contribution < 1.29 is 9.21 Å². The van der Waals surface area contributed by atoms with E-state index in [4.69, 9.17) is 4.42 Å². The fraction of sp³-hybridized carbons (Fsp3) is 0.0385. The molecule has 8 nitrogen and oxygen atoms in total. The zero-order valence-electron chi connectivity index (χ0n) is 18.4. The van der Waals surface area contributed by atoms with Crippen LogP contribution in [0.2, 0.25) is 0 Å². The van der Waals surface area contributed by atoms with Crippen molar-refractivity contribution >= 4 is 38.9 Å². The summed E-state index contributed by atoms with van der Waals surface area (Å²) < 4.78 is 7.12. The SMILES string of the molecule is Cc1nnc2sc(-c3cccc(NC(=O)c4ccc(-c5cc6ccccc6oc5=O)cc4)c3)nn12. The molecule has 1 amide bonds. The van der Waals surface area contributed by atoms with Gasteiger partial charge < -0.3 is 9.73 Å². The number of nitrogens with one attached hydrogen (secondary N) is 1. The highest BCUT2D eigenvalue weighted by Crippen LogP contribution is 2.28. The maximum Gasteiger partial charge on any atom is 0.344 e. The number of rotatable bonds is 4. The number of nitrogens with zero attached hydrogens (tertiary/aromatic N) is 4. The number of anilines is 1. The van der Waals surface area contributed by atoms with Crippen molar-refractivity contribution in [3.05, 3.63) is 101 Å². The lowest BCUT2D eigenvalue weighted by atomic mass is 10.0. The van der Waals surface area contributed by atoms with Gasteiger partial charge in [-0.15, -0.1) is 10.2 Å². The van der Waals surface area contributed by atoms with Crippen LogP contribution in [0.5, 0.6) is 0 Å². The minimum atomic E-state index is -0.418. The monoisotopic (exact) mass is 479 g/mol. The number of benzene rings is 3. The van der Waals surface area contributed by atoms with Crippen molar-refractivity contribution in [3.63, 3.8) is 0 Å². The van der Waals surface area contributed by atoms with Crippen LogP contribution in [0.3, 0.4) is 0 Å². The molecular weight excluding hydrogens is 462 g/mol. The number of aryl methyl sites for hydroxylation is 1. The van der Waals surface area contributed by atoms with Crippen molar-refractivity contribution in [2.45, 2.75) is 6.92 Å².